The van der Waals surface area contributed by atoms with Gasteiger partial charge in [0.25, 0.3) is 0 Å². The molecule has 0 bridgehead atoms. The number of hydrogen-bond acceptors (Lipinski definition) is 2. The fraction of sp³-hybridized carbons (Fsp3) is 0.846. The number of nitrogens with zero attached hydrogens (tertiary/aromatic N) is 1. The molecule has 2 unspecified atom stereocenters. The van der Waals surface area contributed by atoms with Crippen molar-refractivity contribution < 1.29 is 9.59 Å². The summed E-state index contributed by atoms with van der Waals surface area (Å²) in [5, 5.41) is 2.76. The molecule has 96 valence electrons. The van der Waals surface area contributed by atoms with Gasteiger partial charge in [0, 0.05) is 6.04 Å². The Balaban J connectivity index is 2.04. The summed E-state index contributed by atoms with van der Waals surface area (Å²) in [6.45, 7) is 4.29. The van der Waals surface area contributed by atoms with Gasteiger partial charge in [-0.3, -0.25) is 9.59 Å². The first-order valence-electron chi connectivity index (χ1n) is 6.75. The van der Waals surface area contributed by atoms with Gasteiger partial charge in [-0.25, -0.2) is 0 Å². The normalized spacial score (nSPS) is 26.9. The molecular weight excluding hydrogens is 216 g/mol. The van der Waals surface area contributed by atoms with Gasteiger partial charge in [-0.2, -0.15) is 0 Å². The first-order chi connectivity index (χ1) is 8.15. The number of amides is 2. The minimum Gasteiger partial charge on any atom is -0.343 e. The minimum absolute atomic E-state index is 0.00861. The van der Waals surface area contributed by atoms with E-state index in [0.717, 1.165) is 18.8 Å². The molecule has 1 saturated carbocycles. The van der Waals surface area contributed by atoms with Gasteiger partial charge in [0.2, 0.25) is 11.8 Å². The summed E-state index contributed by atoms with van der Waals surface area (Å²) in [6.07, 6.45) is 5.29. The van der Waals surface area contributed by atoms with E-state index in [4.69, 9.17) is 0 Å². The molecule has 0 spiro atoms. The Hall–Kier alpha value is -1.06. The molecule has 0 radical (unpaired) electrons. The summed E-state index contributed by atoms with van der Waals surface area (Å²) in [6, 6.07) is -0.0420. The number of hydrogen-bond donors (Lipinski definition) is 1. The highest BCUT2D eigenvalue weighted by Crippen LogP contribution is 2.35. The van der Waals surface area contributed by atoms with Crippen LogP contribution in [0.3, 0.4) is 0 Å². The van der Waals surface area contributed by atoms with Crippen molar-refractivity contribution in [3.8, 4) is 0 Å². The molecule has 0 aromatic heterocycles. The highest BCUT2D eigenvalue weighted by atomic mass is 16.2. The molecule has 0 aromatic rings. The van der Waals surface area contributed by atoms with Crippen molar-refractivity contribution in [3.05, 3.63) is 0 Å². The van der Waals surface area contributed by atoms with E-state index in [2.05, 4.69) is 12.2 Å². The topological polar surface area (TPSA) is 49.4 Å². The third kappa shape index (κ3) is 2.79. The van der Waals surface area contributed by atoms with Crippen LogP contribution in [0.2, 0.25) is 0 Å². The smallest absolute Gasteiger partial charge is 0.245 e. The quantitative estimate of drug-likeness (QED) is 0.785. The predicted octanol–water partition coefficient (Wildman–Crippen LogP) is 1.30. The minimum atomic E-state index is -0.301. The van der Waals surface area contributed by atoms with Crippen molar-refractivity contribution in [1.29, 1.82) is 0 Å². The molecule has 1 heterocycles. The monoisotopic (exact) mass is 238 g/mol. The Morgan fingerprint density at radius 3 is 2.59 bits per heavy atom. The number of carbonyl (C=O) groups is 2. The number of rotatable bonds is 5. The second-order valence-electron chi connectivity index (χ2n) is 5.24. The van der Waals surface area contributed by atoms with E-state index in [1.54, 1.807) is 0 Å². The SMILES string of the molecule is CCC1NC(=O)CN(C(CC)CC2CC2)C1=O. The van der Waals surface area contributed by atoms with E-state index >= 15 is 0 Å². The molecule has 2 rings (SSSR count). The summed E-state index contributed by atoms with van der Waals surface area (Å²) >= 11 is 0. The van der Waals surface area contributed by atoms with Gasteiger partial charge in [-0.1, -0.05) is 26.7 Å². The predicted molar refractivity (Wildman–Crippen MR) is 65.4 cm³/mol. The molecule has 4 nitrogen and oxygen atoms in total. The van der Waals surface area contributed by atoms with E-state index in [-0.39, 0.29) is 30.4 Å². The lowest BCUT2D eigenvalue weighted by Crippen LogP contribution is -2.60. The second kappa shape index (κ2) is 5.07. The third-order valence-electron chi connectivity index (χ3n) is 3.85. The van der Waals surface area contributed by atoms with E-state index in [1.165, 1.54) is 12.8 Å². The van der Waals surface area contributed by atoms with Crippen molar-refractivity contribution in [2.75, 3.05) is 6.54 Å². The Labute approximate surface area is 103 Å². The highest BCUT2D eigenvalue weighted by molar-refractivity contribution is 5.94. The molecule has 1 N–H and O–H groups in total. The highest BCUT2D eigenvalue weighted by Gasteiger charge is 2.37. The molecule has 2 amide bonds. The summed E-state index contributed by atoms with van der Waals surface area (Å²) in [5.41, 5.74) is 0. The van der Waals surface area contributed by atoms with Gasteiger partial charge < -0.3 is 10.2 Å². The first-order valence-corrected chi connectivity index (χ1v) is 6.75. The molecule has 1 aliphatic carbocycles. The van der Waals surface area contributed by atoms with Crippen LogP contribution in [0.25, 0.3) is 0 Å². The van der Waals surface area contributed by atoms with Crippen LogP contribution in [0.4, 0.5) is 0 Å². The van der Waals surface area contributed by atoms with Gasteiger partial charge in [0.1, 0.15) is 6.04 Å². The Morgan fingerprint density at radius 2 is 2.06 bits per heavy atom. The van der Waals surface area contributed by atoms with Crippen LogP contribution >= 0.6 is 0 Å². The maximum absolute atomic E-state index is 12.2. The maximum Gasteiger partial charge on any atom is 0.245 e. The standard InChI is InChI=1S/C13H22N2O2/c1-3-10(7-9-5-6-9)15-8-12(16)14-11(4-2)13(15)17/h9-11H,3-8H2,1-2H3,(H,14,16). The van der Waals surface area contributed by atoms with Gasteiger partial charge in [0.15, 0.2) is 0 Å². The van der Waals surface area contributed by atoms with E-state index in [0.29, 0.717) is 6.42 Å². The number of carbonyl (C=O) groups excluding carboxylic acids is 2. The molecule has 1 aliphatic heterocycles. The lowest BCUT2D eigenvalue weighted by molar-refractivity contribution is -0.147. The van der Waals surface area contributed by atoms with Crippen LogP contribution < -0.4 is 5.32 Å². The fourth-order valence-corrected chi connectivity index (χ4v) is 2.57. The molecule has 17 heavy (non-hydrogen) atoms. The fourth-order valence-electron chi connectivity index (χ4n) is 2.57. The molecule has 2 aliphatic rings. The molecule has 4 heteroatoms. The summed E-state index contributed by atoms with van der Waals surface area (Å²) in [7, 11) is 0. The van der Waals surface area contributed by atoms with E-state index < -0.39 is 0 Å². The van der Waals surface area contributed by atoms with Crippen LogP contribution in [0.15, 0.2) is 0 Å². The van der Waals surface area contributed by atoms with Gasteiger partial charge >= 0.3 is 0 Å². The lowest BCUT2D eigenvalue weighted by atomic mass is 10.0. The molecule has 1 saturated heterocycles. The van der Waals surface area contributed by atoms with Crippen molar-refractivity contribution in [3.63, 3.8) is 0 Å². The molecule has 2 fully saturated rings. The van der Waals surface area contributed by atoms with Crippen molar-refractivity contribution in [2.24, 2.45) is 5.92 Å². The third-order valence-corrected chi connectivity index (χ3v) is 3.85. The van der Waals surface area contributed by atoms with Crippen LogP contribution in [-0.4, -0.2) is 35.3 Å². The van der Waals surface area contributed by atoms with Crippen LogP contribution in [-0.2, 0) is 9.59 Å². The Kier molecular flexibility index (Phi) is 3.69. The number of piperazine rings is 1. The zero-order valence-electron chi connectivity index (χ0n) is 10.7. The molecule has 2 atom stereocenters. The van der Waals surface area contributed by atoms with Gasteiger partial charge in [-0.05, 0) is 25.2 Å². The van der Waals surface area contributed by atoms with Crippen molar-refractivity contribution >= 4 is 11.8 Å². The second-order valence-corrected chi connectivity index (χ2v) is 5.24. The lowest BCUT2D eigenvalue weighted by Gasteiger charge is -2.37. The average Bonchev–Trinajstić information content (AvgIpc) is 3.12. The van der Waals surface area contributed by atoms with Gasteiger partial charge in [-0.15, -0.1) is 0 Å². The van der Waals surface area contributed by atoms with E-state index in [1.807, 2.05) is 11.8 Å². The van der Waals surface area contributed by atoms with E-state index in [9.17, 15) is 9.59 Å². The van der Waals surface area contributed by atoms with Gasteiger partial charge in [0.05, 0.1) is 6.54 Å². The zero-order chi connectivity index (χ0) is 12.4. The van der Waals surface area contributed by atoms with Crippen LogP contribution in [0.5, 0.6) is 0 Å². The maximum atomic E-state index is 12.2. The van der Waals surface area contributed by atoms with Crippen LogP contribution in [0, 0.1) is 5.92 Å². The zero-order valence-corrected chi connectivity index (χ0v) is 10.7. The largest absolute Gasteiger partial charge is 0.343 e. The summed E-state index contributed by atoms with van der Waals surface area (Å²) in [4.78, 5) is 25.6. The molecular formula is C13H22N2O2. The Morgan fingerprint density at radius 1 is 1.35 bits per heavy atom. The summed E-state index contributed by atoms with van der Waals surface area (Å²) < 4.78 is 0. The van der Waals surface area contributed by atoms with Crippen LogP contribution in [0.1, 0.15) is 46.0 Å². The first kappa shape index (κ1) is 12.4. The molecule has 0 aromatic carbocycles. The van der Waals surface area contributed by atoms with Crippen molar-refractivity contribution in [2.45, 2.75) is 58.0 Å². The summed E-state index contributed by atoms with van der Waals surface area (Å²) in [5.74, 6) is 0.892. The van der Waals surface area contributed by atoms with Crippen molar-refractivity contribution in [1.82, 2.24) is 10.2 Å². The Bertz CT molecular complexity index is 313. The average molecular weight is 238 g/mol. The number of nitrogens with one attached hydrogen (secondary N) is 1.